The maximum absolute atomic E-state index is 12.4. The van der Waals surface area contributed by atoms with Gasteiger partial charge < -0.3 is 14.6 Å². The van der Waals surface area contributed by atoms with Gasteiger partial charge in [0.25, 0.3) is 0 Å². The molecule has 1 aliphatic carbocycles. The smallest absolute Gasteiger partial charge is 0.179 e. The Labute approximate surface area is 143 Å². The summed E-state index contributed by atoms with van der Waals surface area (Å²) in [5, 5.41) is 3.74. The lowest BCUT2D eigenvalue weighted by molar-refractivity contribution is 0.0966. The Bertz CT molecular complexity index is 741. The number of nitrogens with zero attached hydrogens (tertiary/aromatic N) is 2. The molecule has 4 nitrogen and oxygen atoms in total. The minimum Gasteiger partial charge on any atom is -0.314 e. The molecule has 2 aliphatic rings. The van der Waals surface area contributed by atoms with E-state index in [-0.39, 0.29) is 0 Å². The zero-order valence-electron chi connectivity index (χ0n) is 14.6. The summed E-state index contributed by atoms with van der Waals surface area (Å²) in [5.41, 5.74) is 4.87. The summed E-state index contributed by atoms with van der Waals surface area (Å²) in [7, 11) is 2.20. The lowest BCUT2D eigenvalue weighted by Crippen LogP contribution is -2.41. The molecule has 3 heterocycles. The predicted molar refractivity (Wildman–Crippen MR) is 96.9 cm³/mol. The van der Waals surface area contributed by atoms with Crippen molar-refractivity contribution in [1.82, 2.24) is 14.6 Å². The molecule has 2 aromatic rings. The van der Waals surface area contributed by atoms with Crippen LogP contribution in [0.2, 0.25) is 0 Å². The fourth-order valence-corrected chi connectivity index (χ4v) is 4.34. The number of nitrogens with one attached hydrogen (secondary N) is 1. The van der Waals surface area contributed by atoms with E-state index in [1.165, 1.54) is 42.6 Å². The Morgan fingerprint density at radius 1 is 1.21 bits per heavy atom. The van der Waals surface area contributed by atoms with Crippen molar-refractivity contribution in [2.45, 2.75) is 44.6 Å². The largest absolute Gasteiger partial charge is 0.314 e. The number of piperidine rings is 1. The summed E-state index contributed by atoms with van der Waals surface area (Å²) >= 11 is 0. The van der Waals surface area contributed by atoms with E-state index in [1.807, 2.05) is 12.3 Å². The molecule has 24 heavy (non-hydrogen) atoms. The average Bonchev–Trinajstić information content (AvgIpc) is 2.92. The van der Waals surface area contributed by atoms with Crippen LogP contribution in [0.15, 0.2) is 24.4 Å². The molecule has 1 N–H and O–H groups in total. The molecular weight excluding hydrogens is 298 g/mol. The average molecular weight is 325 g/mol. The number of pyridine rings is 1. The molecule has 0 aromatic carbocycles. The lowest BCUT2D eigenvalue weighted by atomic mass is 9.92. The number of ketones is 1. The normalized spacial score (nSPS) is 19.8. The van der Waals surface area contributed by atoms with Crippen LogP contribution in [0.4, 0.5) is 0 Å². The fourth-order valence-electron chi connectivity index (χ4n) is 4.34. The highest BCUT2D eigenvalue weighted by molar-refractivity contribution is 5.99. The van der Waals surface area contributed by atoms with E-state index >= 15 is 0 Å². The van der Waals surface area contributed by atoms with Gasteiger partial charge in [0.2, 0.25) is 0 Å². The quantitative estimate of drug-likeness (QED) is 0.939. The lowest BCUT2D eigenvalue weighted by Gasteiger charge is -2.29. The zero-order chi connectivity index (χ0) is 16.5. The number of carbonyl (C=O) groups is 1. The van der Waals surface area contributed by atoms with Gasteiger partial charge in [-0.1, -0.05) is 6.07 Å². The summed E-state index contributed by atoms with van der Waals surface area (Å²) in [6.07, 6.45) is 8.28. The molecular formula is C20H27N3O. The number of carbonyl (C=O) groups excluding carboxylic acids is 1. The van der Waals surface area contributed by atoms with E-state index in [2.05, 4.69) is 33.8 Å². The van der Waals surface area contributed by atoms with Crippen LogP contribution in [0, 0.1) is 0 Å². The Morgan fingerprint density at radius 2 is 2.04 bits per heavy atom. The molecule has 0 saturated carbocycles. The van der Waals surface area contributed by atoms with Crippen molar-refractivity contribution in [3.8, 4) is 0 Å². The van der Waals surface area contributed by atoms with Crippen molar-refractivity contribution < 1.29 is 4.79 Å². The van der Waals surface area contributed by atoms with Gasteiger partial charge in [-0.05, 0) is 82.0 Å². The number of fused-ring (bicyclic) bond motifs is 3. The van der Waals surface area contributed by atoms with Crippen molar-refractivity contribution >= 4 is 11.3 Å². The van der Waals surface area contributed by atoms with Gasteiger partial charge in [-0.25, -0.2) is 0 Å². The van der Waals surface area contributed by atoms with E-state index in [9.17, 15) is 4.79 Å². The summed E-state index contributed by atoms with van der Waals surface area (Å²) in [6.45, 7) is 3.39. The van der Waals surface area contributed by atoms with E-state index < -0.39 is 0 Å². The maximum atomic E-state index is 12.4. The number of Topliss-reactive ketones (excluding diaryl/α,β-unsaturated/α-hetero) is 1. The van der Waals surface area contributed by atoms with Gasteiger partial charge in [0, 0.05) is 24.2 Å². The standard InChI is InChI=1S/C20H27N3O/c1-22-13-9-15(10-14-22)21-11-8-16-17-5-4-7-19(24)20(17)23-12-3-2-6-18(16)23/h2-3,6,12,15,21H,4-5,7-11,13-14H2,1H3. The zero-order valence-corrected chi connectivity index (χ0v) is 14.6. The maximum Gasteiger partial charge on any atom is 0.179 e. The Balaban J connectivity index is 1.53. The van der Waals surface area contributed by atoms with Crippen LogP contribution < -0.4 is 5.32 Å². The SMILES string of the molecule is CN1CCC(NCCc2c3c(n4ccccc24)C(=O)CCC3)CC1. The molecule has 1 aliphatic heterocycles. The summed E-state index contributed by atoms with van der Waals surface area (Å²) < 4.78 is 2.13. The number of aromatic nitrogens is 1. The van der Waals surface area contributed by atoms with Crippen LogP contribution in [0.3, 0.4) is 0 Å². The molecule has 128 valence electrons. The highest BCUT2D eigenvalue weighted by Gasteiger charge is 2.26. The molecule has 1 fully saturated rings. The molecule has 0 unspecified atom stereocenters. The van der Waals surface area contributed by atoms with Crippen LogP contribution in [0.25, 0.3) is 5.52 Å². The minimum atomic E-state index is 0.312. The number of hydrogen-bond acceptors (Lipinski definition) is 3. The van der Waals surface area contributed by atoms with Crippen LogP contribution in [-0.4, -0.2) is 47.8 Å². The van der Waals surface area contributed by atoms with Crippen molar-refractivity contribution in [2.24, 2.45) is 0 Å². The van der Waals surface area contributed by atoms with Gasteiger partial charge >= 0.3 is 0 Å². The topological polar surface area (TPSA) is 36.8 Å². The summed E-state index contributed by atoms with van der Waals surface area (Å²) in [6, 6.07) is 6.92. The number of rotatable bonds is 4. The van der Waals surface area contributed by atoms with Crippen LogP contribution >= 0.6 is 0 Å². The molecule has 4 rings (SSSR count). The number of hydrogen-bond donors (Lipinski definition) is 1. The van der Waals surface area contributed by atoms with E-state index in [0.717, 1.165) is 31.5 Å². The van der Waals surface area contributed by atoms with Crippen molar-refractivity contribution in [3.63, 3.8) is 0 Å². The van der Waals surface area contributed by atoms with E-state index in [4.69, 9.17) is 0 Å². The molecule has 4 heteroatoms. The number of likely N-dealkylation sites (tertiary alicyclic amines) is 1. The fraction of sp³-hybridized carbons (Fsp3) is 0.550. The molecule has 2 aromatic heterocycles. The third kappa shape index (κ3) is 2.89. The molecule has 0 spiro atoms. The Morgan fingerprint density at radius 3 is 2.88 bits per heavy atom. The van der Waals surface area contributed by atoms with Crippen LogP contribution in [-0.2, 0) is 12.8 Å². The minimum absolute atomic E-state index is 0.312. The van der Waals surface area contributed by atoms with Crippen molar-refractivity contribution in [2.75, 3.05) is 26.7 Å². The first-order valence-corrected chi connectivity index (χ1v) is 9.30. The van der Waals surface area contributed by atoms with Crippen molar-refractivity contribution in [1.29, 1.82) is 0 Å². The first kappa shape index (κ1) is 15.9. The van der Waals surface area contributed by atoms with Gasteiger partial charge in [0.1, 0.15) is 0 Å². The highest BCUT2D eigenvalue weighted by atomic mass is 16.1. The molecule has 0 radical (unpaired) electrons. The molecule has 0 amide bonds. The van der Waals surface area contributed by atoms with Gasteiger partial charge in [-0.15, -0.1) is 0 Å². The first-order valence-electron chi connectivity index (χ1n) is 9.30. The molecule has 0 bridgehead atoms. The third-order valence-corrected chi connectivity index (χ3v) is 5.68. The van der Waals surface area contributed by atoms with E-state index in [0.29, 0.717) is 18.2 Å². The Hall–Kier alpha value is -1.65. The van der Waals surface area contributed by atoms with Gasteiger partial charge in [0.15, 0.2) is 5.78 Å². The molecule has 1 saturated heterocycles. The molecule has 0 atom stereocenters. The van der Waals surface area contributed by atoms with Gasteiger partial charge in [-0.3, -0.25) is 4.79 Å². The van der Waals surface area contributed by atoms with Gasteiger partial charge in [0.05, 0.1) is 5.69 Å². The van der Waals surface area contributed by atoms with Crippen molar-refractivity contribution in [3.05, 3.63) is 41.2 Å². The monoisotopic (exact) mass is 325 g/mol. The van der Waals surface area contributed by atoms with Gasteiger partial charge in [-0.2, -0.15) is 0 Å². The second-order valence-corrected chi connectivity index (χ2v) is 7.32. The predicted octanol–water partition coefficient (Wildman–Crippen LogP) is 2.68. The van der Waals surface area contributed by atoms with Crippen LogP contribution in [0.1, 0.15) is 47.3 Å². The van der Waals surface area contributed by atoms with Crippen LogP contribution in [0.5, 0.6) is 0 Å². The second kappa shape index (κ2) is 6.69. The Kier molecular flexibility index (Phi) is 4.42. The summed E-state index contributed by atoms with van der Waals surface area (Å²) in [4.78, 5) is 14.8. The third-order valence-electron chi connectivity index (χ3n) is 5.68. The van der Waals surface area contributed by atoms with E-state index in [1.54, 1.807) is 0 Å². The second-order valence-electron chi connectivity index (χ2n) is 7.32. The highest BCUT2D eigenvalue weighted by Crippen LogP contribution is 2.30. The first-order chi connectivity index (χ1) is 11.7. The summed E-state index contributed by atoms with van der Waals surface area (Å²) in [5.74, 6) is 0.312.